The van der Waals surface area contributed by atoms with Crippen molar-refractivity contribution in [2.24, 2.45) is 0 Å². The third-order valence-electron chi connectivity index (χ3n) is 3.73. The number of nitrogens with zero attached hydrogens (tertiary/aromatic N) is 2. The summed E-state index contributed by atoms with van der Waals surface area (Å²) in [7, 11) is 0. The van der Waals surface area contributed by atoms with E-state index in [0.717, 1.165) is 22.5 Å². The molecule has 2 aromatic rings. The summed E-state index contributed by atoms with van der Waals surface area (Å²) in [6, 6.07) is 12.9. The molecule has 0 radical (unpaired) electrons. The molecule has 1 fully saturated rings. The van der Waals surface area contributed by atoms with Crippen LogP contribution in [0.15, 0.2) is 52.0 Å². The van der Waals surface area contributed by atoms with Crippen molar-refractivity contribution in [3.8, 4) is 0 Å². The molecule has 1 aromatic carbocycles. The molecule has 0 atom stereocenters. The van der Waals surface area contributed by atoms with Gasteiger partial charge in [-0.05, 0) is 58.3 Å². The number of piperidine rings is 1. The van der Waals surface area contributed by atoms with E-state index in [0.29, 0.717) is 11.1 Å². The van der Waals surface area contributed by atoms with Gasteiger partial charge in [0.05, 0.1) is 4.47 Å². The Hall–Kier alpha value is -0.550. The molecular weight excluding hydrogens is 368 g/mol. The van der Waals surface area contributed by atoms with Crippen LogP contribution in [0.3, 0.4) is 0 Å². The second-order valence-corrected chi connectivity index (χ2v) is 7.53. The maximum absolute atomic E-state index is 5.93. The number of halogens is 2. The fraction of sp³-hybridized carbons (Fsp3) is 0.312. The smallest absolute Gasteiger partial charge is 0.143 e. The number of hydrogen-bond acceptors (Lipinski definition) is 3. The van der Waals surface area contributed by atoms with Gasteiger partial charge < -0.3 is 0 Å². The molecule has 110 valence electrons. The Morgan fingerprint density at radius 3 is 2.57 bits per heavy atom. The largest absolute Gasteiger partial charge is 0.246 e. The van der Waals surface area contributed by atoms with Crippen LogP contribution in [-0.2, 0) is 0 Å². The Labute approximate surface area is 143 Å². The van der Waals surface area contributed by atoms with Gasteiger partial charge in [-0.15, -0.1) is 0 Å². The summed E-state index contributed by atoms with van der Waals surface area (Å²) >= 11 is 11.1. The second kappa shape index (κ2) is 7.14. The van der Waals surface area contributed by atoms with E-state index in [-0.39, 0.29) is 0 Å². The monoisotopic (exact) mass is 382 g/mol. The summed E-state index contributed by atoms with van der Waals surface area (Å²) in [5.74, 6) is 0.693. The molecular formula is C16H16BrClN2S. The molecule has 0 N–H and O–H groups in total. The number of benzene rings is 1. The lowest BCUT2D eigenvalue weighted by Crippen LogP contribution is -2.27. The van der Waals surface area contributed by atoms with E-state index in [1.54, 1.807) is 11.9 Å². The van der Waals surface area contributed by atoms with Crippen LogP contribution >= 0.6 is 39.5 Å². The SMILES string of the molecule is Clc1ncc(SN2CCC(c3ccccc3)CC2)cc1Br. The van der Waals surface area contributed by atoms with Gasteiger partial charge in [-0.1, -0.05) is 41.9 Å². The average molecular weight is 384 g/mol. The fourth-order valence-corrected chi connectivity index (χ4v) is 4.17. The van der Waals surface area contributed by atoms with Gasteiger partial charge in [0.15, 0.2) is 0 Å². The lowest BCUT2D eigenvalue weighted by molar-refractivity contribution is 0.346. The van der Waals surface area contributed by atoms with Gasteiger partial charge in [-0.3, -0.25) is 0 Å². The molecule has 0 aliphatic carbocycles. The number of pyridine rings is 1. The minimum atomic E-state index is 0.516. The summed E-state index contributed by atoms with van der Waals surface area (Å²) in [6.45, 7) is 2.20. The van der Waals surface area contributed by atoms with Gasteiger partial charge in [0, 0.05) is 24.2 Å². The molecule has 1 aromatic heterocycles. The first-order valence-corrected chi connectivity index (χ1v) is 8.96. The molecule has 1 aliphatic heterocycles. The van der Waals surface area contributed by atoms with Crippen LogP contribution < -0.4 is 0 Å². The maximum atomic E-state index is 5.93. The standard InChI is InChI=1S/C16H16BrClN2S/c17-15-10-14(11-19-16(15)18)21-20-8-6-13(7-9-20)12-4-2-1-3-5-12/h1-5,10-11,13H,6-9H2. The summed E-state index contributed by atoms with van der Waals surface area (Å²) in [5, 5.41) is 0.516. The van der Waals surface area contributed by atoms with Crippen molar-refractivity contribution >= 4 is 39.5 Å². The first kappa shape index (κ1) is 15.3. The highest BCUT2D eigenvalue weighted by Gasteiger charge is 2.21. The number of hydrogen-bond donors (Lipinski definition) is 0. The second-order valence-electron chi connectivity index (χ2n) is 5.15. The van der Waals surface area contributed by atoms with Gasteiger partial charge in [0.25, 0.3) is 0 Å². The molecule has 1 aliphatic rings. The molecule has 0 unspecified atom stereocenters. The Morgan fingerprint density at radius 2 is 1.90 bits per heavy atom. The van der Waals surface area contributed by atoms with E-state index in [2.05, 4.69) is 55.6 Å². The molecule has 0 bridgehead atoms. The van der Waals surface area contributed by atoms with E-state index < -0.39 is 0 Å². The van der Waals surface area contributed by atoms with E-state index in [9.17, 15) is 0 Å². The van der Waals surface area contributed by atoms with Gasteiger partial charge in [0.2, 0.25) is 0 Å². The Balaban J connectivity index is 1.57. The van der Waals surface area contributed by atoms with Crippen LogP contribution in [0, 0.1) is 0 Å². The first-order valence-electron chi connectivity index (χ1n) is 7.01. The van der Waals surface area contributed by atoms with Crippen LogP contribution in [0.5, 0.6) is 0 Å². The summed E-state index contributed by atoms with van der Waals surface area (Å²) in [5.41, 5.74) is 1.47. The van der Waals surface area contributed by atoms with Gasteiger partial charge in [0.1, 0.15) is 5.15 Å². The van der Waals surface area contributed by atoms with Crippen LogP contribution in [0.1, 0.15) is 24.3 Å². The molecule has 21 heavy (non-hydrogen) atoms. The zero-order valence-corrected chi connectivity index (χ0v) is 14.7. The molecule has 2 heterocycles. The Morgan fingerprint density at radius 1 is 1.19 bits per heavy atom. The zero-order chi connectivity index (χ0) is 14.7. The van der Waals surface area contributed by atoms with Crippen molar-refractivity contribution in [3.05, 3.63) is 57.8 Å². The Bertz CT molecular complexity index is 600. The lowest BCUT2D eigenvalue weighted by Gasteiger charge is -2.31. The summed E-state index contributed by atoms with van der Waals surface area (Å²) in [6.07, 6.45) is 4.25. The minimum Gasteiger partial charge on any atom is -0.246 e. The van der Waals surface area contributed by atoms with Crippen LogP contribution in [0.4, 0.5) is 0 Å². The molecule has 2 nitrogen and oxygen atoms in total. The van der Waals surface area contributed by atoms with E-state index in [1.807, 2.05) is 12.3 Å². The first-order chi connectivity index (χ1) is 10.2. The predicted molar refractivity (Wildman–Crippen MR) is 92.8 cm³/mol. The zero-order valence-electron chi connectivity index (χ0n) is 11.5. The molecule has 1 saturated heterocycles. The lowest BCUT2D eigenvalue weighted by atomic mass is 9.90. The molecule has 5 heteroatoms. The van der Waals surface area contributed by atoms with Crippen molar-refractivity contribution in [2.75, 3.05) is 13.1 Å². The third-order valence-corrected chi connectivity index (χ3v) is 5.92. The summed E-state index contributed by atoms with van der Waals surface area (Å²) < 4.78 is 3.27. The van der Waals surface area contributed by atoms with E-state index >= 15 is 0 Å². The van der Waals surface area contributed by atoms with Gasteiger partial charge in [-0.25, -0.2) is 9.29 Å². The highest BCUT2D eigenvalue weighted by atomic mass is 79.9. The number of aromatic nitrogens is 1. The van der Waals surface area contributed by atoms with E-state index in [1.165, 1.54) is 18.4 Å². The van der Waals surface area contributed by atoms with Crippen LogP contribution in [0.25, 0.3) is 0 Å². The molecule has 0 saturated carbocycles. The molecule has 0 spiro atoms. The predicted octanol–water partition coefficient (Wildman–Crippen LogP) is 5.38. The van der Waals surface area contributed by atoms with Crippen LogP contribution in [0.2, 0.25) is 5.15 Å². The van der Waals surface area contributed by atoms with Crippen molar-refractivity contribution in [3.63, 3.8) is 0 Å². The topological polar surface area (TPSA) is 16.1 Å². The minimum absolute atomic E-state index is 0.516. The quantitative estimate of drug-likeness (QED) is 0.522. The third kappa shape index (κ3) is 4.01. The highest BCUT2D eigenvalue weighted by Crippen LogP contribution is 2.34. The Kier molecular flexibility index (Phi) is 5.22. The van der Waals surface area contributed by atoms with E-state index in [4.69, 9.17) is 11.6 Å². The normalized spacial score (nSPS) is 17.0. The average Bonchev–Trinajstić information content (AvgIpc) is 2.53. The highest BCUT2D eigenvalue weighted by molar-refractivity contribution is 9.10. The fourth-order valence-electron chi connectivity index (χ4n) is 2.61. The summed E-state index contributed by atoms with van der Waals surface area (Å²) in [4.78, 5) is 5.31. The number of rotatable bonds is 3. The van der Waals surface area contributed by atoms with Gasteiger partial charge in [-0.2, -0.15) is 0 Å². The molecule has 0 amide bonds. The van der Waals surface area contributed by atoms with Crippen LogP contribution in [-0.4, -0.2) is 22.4 Å². The maximum Gasteiger partial charge on any atom is 0.143 e. The van der Waals surface area contributed by atoms with Crippen molar-refractivity contribution in [1.29, 1.82) is 0 Å². The van der Waals surface area contributed by atoms with Crippen molar-refractivity contribution in [1.82, 2.24) is 9.29 Å². The van der Waals surface area contributed by atoms with Crippen molar-refractivity contribution < 1.29 is 0 Å². The van der Waals surface area contributed by atoms with Gasteiger partial charge >= 0.3 is 0 Å². The van der Waals surface area contributed by atoms with Crippen molar-refractivity contribution in [2.45, 2.75) is 23.7 Å². The molecule has 3 rings (SSSR count).